The summed E-state index contributed by atoms with van der Waals surface area (Å²) in [7, 11) is 0. The Kier molecular flexibility index (Phi) is 5.72. The van der Waals surface area contributed by atoms with Crippen molar-refractivity contribution in [2.24, 2.45) is 0 Å². The third kappa shape index (κ3) is 3.94. The van der Waals surface area contributed by atoms with Crippen LogP contribution in [0.15, 0.2) is 41.3 Å². The number of carbonyl (C=O) groups excluding carboxylic acids is 2. The fourth-order valence-corrected chi connectivity index (χ4v) is 3.60. The molecular weight excluding hydrogens is 393 g/mol. The maximum atomic E-state index is 14.0. The topological polar surface area (TPSA) is 66.8 Å². The molecule has 3 rings (SSSR count). The monoisotopic (exact) mass is 407 g/mol. The fraction of sp³-hybridized carbons (Fsp3) is 0.158. The van der Waals surface area contributed by atoms with E-state index in [0.29, 0.717) is 23.9 Å². The molecule has 0 unspecified atom stereocenters. The SMILES string of the molecule is CCOc1cccc(/C=C2\SC(=O)N(Cc3c(F)cccc3Cl)C2=O)c1O. The van der Waals surface area contributed by atoms with Crippen molar-refractivity contribution in [1.29, 1.82) is 0 Å². The predicted octanol–water partition coefficient (Wildman–Crippen LogP) is 4.82. The van der Waals surface area contributed by atoms with E-state index in [4.69, 9.17) is 16.3 Å². The van der Waals surface area contributed by atoms with Crippen LogP contribution in [0, 0.1) is 5.82 Å². The Bertz CT molecular complexity index is 927. The van der Waals surface area contributed by atoms with E-state index in [1.165, 1.54) is 24.3 Å². The molecule has 27 heavy (non-hydrogen) atoms. The lowest BCUT2D eigenvalue weighted by Gasteiger charge is -2.14. The summed E-state index contributed by atoms with van der Waals surface area (Å²) < 4.78 is 19.3. The van der Waals surface area contributed by atoms with Crippen LogP contribution in [-0.4, -0.2) is 27.8 Å². The Balaban J connectivity index is 1.88. The number of imide groups is 1. The smallest absolute Gasteiger partial charge is 0.293 e. The van der Waals surface area contributed by atoms with Crippen LogP contribution in [0.5, 0.6) is 11.5 Å². The molecule has 0 spiro atoms. The van der Waals surface area contributed by atoms with Crippen molar-refractivity contribution in [3.63, 3.8) is 0 Å². The number of para-hydroxylation sites is 1. The number of thioether (sulfide) groups is 1. The highest BCUT2D eigenvalue weighted by molar-refractivity contribution is 8.18. The molecule has 1 aliphatic rings. The highest BCUT2D eigenvalue weighted by atomic mass is 35.5. The maximum absolute atomic E-state index is 14.0. The van der Waals surface area contributed by atoms with Gasteiger partial charge in [-0.2, -0.15) is 0 Å². The number of rotatable bonds is 5. The van der Waals surface area contributed by atoms with Crippen molar-refractivity contribution in [3.05, 3.63) is 63.3 Å². The molecule has 0 aromatic heterocycles. The second kappa shape index (κ2) is 8.02. The lowest BCUT2D eigenvalue weighted by molar-refractivity contribution is -0.123. The van der Waals surface area contributed by atoms with Gasteiger partial charge in [-0.25, -0.2) is 4.39 Å². The molecule has 2 amide bonds. The van der Waals surface area contributed by atoms with Crippen LogP contribution in [0.4, 0.5) is 9.18 Å². The van der Waals surface area contributed by atoms with Crippen LogP contribution in [0.3, 0.4) is 0 Å². The Morgan fingerprint density at radius 3 is 2.70 bits per heavy atom. The molecule has 1 N–H and O–H groups in total. The third-order valence-corrected chi connectivity index (χ3v) is 5.13. The van der Waals surface area contributed by atoms with Gasteiger partial charge in [0.2, 0.25) is 0 Å². The van der Waals surface area contributed by atoms with E-state index in [1.807, 2.05) is 0 Å². The van der Waals surface area contributed by atoms with Crippen molar-refractivity contribution >= 4 is 40.6 Å². The number of aromatic hydroxyl groups is 1. The fourth-order valence-electron chi connectivity index (χ4n) is 2.55. The minimum atomic E-state index is -0.590. The van der Waals surface area contributed by atoms with Gasteiger partial charge in [-0.05, 0) is 43.0 Å². The van der Waals surface area contributed by atoms with Gasteiger partial charge in [-0.1, -0.05) is 29.8 Å². The number of phenolic OH excluding ortho intramolecular Hbond substituents is 1. The van der Waals surface area contributed by atoms with Gasteiger partial charge in [0.1, 0.15) is 5.82 Å². The number of amides is 2. The molecule has 0 saturated carbocycles. The zero-order chi connectivity index (χ0) is 19.6. The molecule has 0 bridgehead atoms. The summed E-state index contributed by atoms with van der Waals surface area (Å²) >= 11 is 6.70. The van der Waals surface area contributed by atoms with Crippen molar-refractivity contribution in [3.8, 4) is 11.5 Å². The van der Waals surface area contributed by atoms with Gasteiger partial charge in [0.05, 0.1) is 18.1 Å². The summed E-state index contributed by atoms with van der Waals surface area (Å²) in [6.07, 6.45) is 1.41. The zero-order valence-corrected chi connectivity index (χ0v) is 15.8. The van der Waals surface area contributed by atoms with Crippen molar-refractivity contribution in [2.45, 2.75) is 13.5 Å². The number of halogens is 2. The van der Waals surface area contributed by atoms with Crippen LogP contribution >= 0.6 is 23.4 Å². The number of hydrogen-bond donors (Lipinski definition) is 1. The first-order valence-corrected chi connectivity index (χ1v) is 9.24. The molecule has 0 aliphatic carbocycles. The molecule has 1 aliphatic heterocycles. The average Bonchev–Trinajstić information content (AvgIpc) is 2.89. The molecule has 0 radical (unpaired) electrons. The molecule has 1 fully saturated rings. The predicted molar refractivity (Wildman–Crippen MR) is 102 cm³/mol. The summed E-state index contributed by atoms with van der Waals surface area (Å²) in [6.45, 7) is 1.89. The largest absolute Gasteiger partial charge is 0.504 e. The van der Waals surface area contributed by atoms with E-state index in [-0.39, 0.29) is 33.5 Å². The van der Waals surface area contributed by atoms with E-state index in [9.17, 15) is 19.1 Å². The second-order valence-electron chi connectivity index (χ2n) is 5.60. The van der Waals surface area contributed by atoms with Gasteiger partial charge >= 0.3 is 0 Å². The van der Waals surface area contributed by atoms with Crippen LogP contribution in [0.25, 0.3) is 6.08 Å². The Morgan fingerprint density at radius 1 is 1.26 bits per heavy atom. The normalized spacial score (nSPS) is 15.7. The summed E-state index contributed by atoms with van der Waals surface area (Å²) in [5.41, 5.74) is 0.416. The highest BCUT2D eigenvalue weighted by Gasteiger charge is 2.36. The van der Waals surface area contributed by atoms with Gasteiger partial charge in [0, 0.05) is 16.1 Å². The quantitative estimate of drug-likeness (QED) is 0.720. The molecule has 2 aromatic carbocycles. The molecule has 5 nitrogen and oxygen atoms in total. The van der Waals surface area contributed by atoms with Gasteiger partial charge < -0.3 is 9.84 Å². The molecule has 2 aromatic rings. The second-order valence-corrected chi connectivity index (χ2v) is 7.00. The number of carbonyl (C=O) groups is 2. The molecule has 140 valence electrons. The summed E-state index contributed by atoms with van der Waals surface area (Å²) in [4.78, 5) is 25.9. The molecule has 0 atom stereocenters. The molecular formula is C19H15ClFNO4S. The van der Waals surface area contributed by atoms with E-state index >= 15 is 0 Å². The minimum Gasteiger partial charge on any atom is -0.504 e. The molecule has 1 saturated heterocycles. The number of ether oxygens (including phenoxy) is 1. The lowest BCUT2D eigenvalue weighted by atomic mass is 10.1. The Labute approximate surface area is 164 Å². The number of nitrogens with zero attached hydrogens (tertiary/aromatic N) is 1. The van der Waals surface area contributed by atoms with Crippen LogP contribution in [0.2, 0.25) is 5.02 Å². The standard InChI is InChI=1S/C19H15ClFNO4S/c1-2-26-15-8-3-5-11(17(15)23)9-16-18(24)22(19(25)27-16)10-12-13(20)6-4-7-14(12)21/h3-9,23H,2,10H2,1H3/b16-9-. The maximum Gasteiger partial charge on any atom is 0.293 e. The first-order chi connectivity index (χ1) is 12.9. The van der Waals surface area contributed by atoms with E-state index in [1.54, 1.807) is 25.1 Å². The van der Waals surface area contributed by atoms with Crippen LogP contribution in [-0.2, 0) is 11.3 Å². The average molecular weight is 408 g/mol. The summed E-state index contributed by atoms with van der Waals surface area (Å²) in [6, 6.07) is 9.02. The number of benzene rings is 2. The number of phenols is 1. The first kappa shape index (κ1) is 19.3. The van der Waals surface area contributed by atoms with Gasteiger partial charge in [-0.3, -0.25) is 14.5 Å². The van der Waals surface area contributed by atoms with Crippen LogP contribution in [0.1, 0.15) is 18.1 Å². The van der Waals surface area contributed by atoms with Crippen molar-refractivity contribution in [2.75, 3.05) is 6.61 Å². The van der Waals surface area contributed by atoms with Crippen molar-refractivity contribution in [1.82, 2.24) is 4.90 Å². The van der Waals surface area contributed by atoms with E-state index in [2.05, 4.69) is 0 Å². The first-order valence-electron chi connectivity index (χ1n) is 8.05. The Hall–Kier alpha value is -2.51. The van der Waals surface area contributed by atoms with Gasteiger partial charge in [-0.15, -0.1) is 0 Å². The molecule has 8 heteroatoms. The number of hydrogen-bond acceptors (Lipinski definition) is 5. The molecule has 1 heterocycles. The Morgan fingerprint density at radius 2 is 2.00 bits per heavy atom. The highest BCUT2D eigenvalue weighted by Crippen LogP contribution is 2.37. The van der Waals surface area contributed by atoms with Crippen molar-refractivity contribution < 1.29 is 23.8 Å². The van der Waals surface area contributed by atoms with Crippen LogP contribution < -0.4 is 4.74 Å². The van der Waals surface area contributed by atoms with Gasteiger partial charge in [0.15, 0.2) is 11.5 Å². The summed E-state index contributed by atoms with van der Waals surface area (Å²) in [5.74, 6) is -1.01. The van der Waals surface area contributed by atoms with E-state index < -0.39 is 17.0 Å². The lowest BCUT2D eigenvalue weighted by Crippen LogP contribution is -2.28. The summed E-state index contributed by atoms with van der Waals surface area (Å²) in [5, 5.41) is 9.85. The van der Waals surface area contributed by atoms with E-state index in [0.717, 1.165) is 4.90 Å². The van der Waals surface area contributed by atoms with Gasteiger partial charge in [0.25, 0.3) is 11.1 Å². The minimum absolute atomic E-state index is 0.0731. The zero-order valence-electron chi connectivity index (χ0n) is 14.2. The third-order valence-electron chi connectivity index (χ3n) is 3.87.